The number of rotatable bonds is 8. The molecule has 1 aliphatic carbocycles. The van der Waals surface area contributed by atoms with Crippen LogP contribution in [0.25, 0.3) is 11.3 Å². The summed E-state index contributed by atoms with van der Waals surface area (Å²) in [6.07, 6.45) is 1.66. The topological polar surface area (TPSA) is 71.6 Å². The lowest BCUT2D eigenvalue weighted by atomic mass is 10.1. The minimum absolute atomic E-state index is 0.283. The number of aromatic nitrogens is 2. The van der Waals surface area contributed by atoms with E-state index in [1.165, 1.54) is 12.1 Å². The molecule has 5 rings (SSSR count). The van der Waals surface area contributed by atoms with Crippen LogP contribution in [0, 0.1) is 5.82 Å². The molecule has 1 aromatic heterocycles. The predicted molar refractivity (Wildman–Crippen MR) is 120 cm³/mol. The van der Waals surface area contributed by atoms with Gasteiger partial charge in [0.1, 0.15) is 11.6 Å². The van der Waals surface area contributed by atoms with Crippen molar-refractivity contribution in [1.29, 1.82) is 0 Å². The molecule has 0 radical (unpaired) electrons. The van der Waals surface area contributed by atoms with Crippen molar-refractivity contribution in [2.75, 3.05) is 51.9 Å². The SMILES string of the molecule is COc1cc2c(cc1OCCCN1CCOCC1)Cc1c-2n[nH]c1Nc1cccc(F)c1. The highest BCUT2D eigenvalue weighted by atomic mass is 19.1. The Morgan fingerprint density at radius 3 is 2.88 bits per heavy atom. The van der Waals surface area contributed by atoms with E-state index in [-0.39, 0.29) is 5.82 Å². The predicted octanol–water partition coefficient (Wildman–Crippen LogP) is 3.97. The van der Waals surface area contributed by atoms with Gasteiger partial charge >= 0.3 is 0 Å². The molecule has 8 heteroatoms. The number of anilines is 2. The second-order valence-electron chi connectivity index (χ2n) is 8.05. The van der Waals surface area contributed by atoms with Crippen LogP contribution in [0.2, 0.25) is 0 Å². The van der Waals surface area contributed by atoms with Crippen molar-refractivity contribution in [3.63, 3.8) is 0 Å². The zero-order valence-corrected chi connectivity index (χ0v) is 18.1. The maximum Gasteiger partial charge on any atom is 0.161 e. The molecule has 0 spiro atoms. The number of benzene rings is 2. The summed E-state index contributed by atoms with van der Waals surface area (Å²) >= 11 is 0. The number of ether oxygens (including phenoxy) is 3. The monoisotopic (exact) mass is 438 g/mol. The van der Waals surface area contributed by atoms with Crippen LogP contribution in [-0.4, -0.2) is 61.7 Å². The van der Waals surface area contributed by atoms with E-state index < -0.39 is 0 Å². The second-order valence-corrected chi connectivity index (χ2v) is 8.05. The molecule has 1 aliphatic heterocycles. The Hall–Kier alpha value is -3.10. The number of H-pyrrole nitrogens is 1. The molecule has 2 N–H and O–H groups in total. The molecule has 7 nitrogen and oxygen atoms in total. The van der Waals surface area contributed by atoms with E-state index in [1.54, 1.807) is 13.2 Å². The molecular formula is C24H27FN4O3. The van der Waals surface area contributed by atoms with Crippen LogP contribution < -0.4 is 14.8 Å². The van der Waals surface area contributed by atoms with Crippen molar-refractivity contribution in [2.45, 2.75) is 12.8 Å². The third kappa shape index (κ3) is 4.28. The third-order valence-electron chi connectivity index (χ3n) is 5.95. The van der Waals surface area contributed by atoms with Crippen LogP contribution in [-0.2, 0) is 11.2 Å². The highest BCUT2D eigenvalue weighted by Gasteiger charge is 2.27. The average molecular weight is 439 g/mol. The lowest BCUT2D eigenvalue weighted by Crippen LogP contribution is -2.37. The van der Waals surface area contributed by atoms with Crippen molar-refractivity contribution in [1.82, 2.24) is 15.1 Å². The smallest absolute Gasteiger partial charge is 0.161 e. The molecule has 1 saturated heterocycles. The number of halogens is 1. The third-order valence-corrected chi connectivity index (χ3v) is 5.95. The summed E-state index contributed by atoms with van der Waals surface area (Å²) in [5.41, 5.74) is 4.78. The van der Waals surface area contributed by atoms with Gasteiger partial charge in [0.05, 0.1) is 32.6 Å². The molecule has 168 valence electrons. The fourth-order valence-corrected chi connectivity index (χ4v) is 4.30. The Kier molecular flexibility index (Phi) is 5.96. The molecule has 3 aromatic rings. The van der Waals surface area contributed by atoms with Crippen molar-refractivity contribution < 1.29 is 18.6 Å². The first-order chi connectivity index (χ1) is 15.7. The Bertz CT molecular complexity index is 1090. The first kappa shape index (κ1) is 20.8. The van der Waals surface area contributed by atoms with Crippen LogP contribution in [0.1, 0.15) is 17.5 Å². The Balaban J connectivity index is 1.27. The van der Waals surface area contributed by atoms with E-state index in [0.29, 0.717) is 24.5 Å². The van der Waals surface area contributed by atoms with Gasteiger partial charge < -0.3 is 19.5 Å². The van der Waals surface area contributed by atoms with Gasteiger partial charge in [-0.2, -0.15) is 5.10 Å². The van der Waals surface area contributed by atoms with Crippen LogP contribution in [0.4, 0.5) is 15.9 Å². The van der Waals surface area contributed by atoms with Crippen molar-refractivity contribution in [3.8, 4) is 22.8 Å². The van der Waals surface area contributed by atoms with Crippen LogP contribution >= 0.6 is 0 Å². The maximum atomic E-state index is 13.5. The number of aromatic amines is 1. The first-order valence-electron chi connectivity index (χ1n) is 11.0. The van der Waals surface area contributed by atoms with E-state index in [9.17, 15) is 4.39 Å². The molecule has 0 unspecified atom stereocenters. The fourth-order valence-electron chi connectivity index (χ4n) is 4.30. The zero-order valence-electron chi connectivity index (χ0n) is 18.1. The van der Waals surface area contributed by atoms with Crippen molar-refractivity contribution >= 4 is 11.5 Å². The van der Waals surface area contributed by atoms with E-state index >= 15 is 0 Å². The Labute approximate surface area is 186 Å². The number of hydrogen-bond donors (Lipinski definition) is 2. The fraction of sp³-hybridized carbons (Fsp3) is 0.375. The number of methoxy groups -OCH3 is 1. The van der Waals surface area contributed by atoms with Gasteiger partial charge in [-0.15, -0.1) is 0 Å². The molecule has 1 fully saturated rings. The van der Waals surface area contributed by atoms with Gasteiger partial charge in [0.2, 0.25) is 0 Å². The highest BCUT2D eigenvalue weighted by Crippen LogP contribution is 2.44. The highest BCUT2D eigenvalue weighted by molar-refractivity contribution is 5.81. The number of morpholine rings is 1. The Morgan fingerprint density at radius 1 is 1.19 bits per heavy atom. The molecule has 0 bridgehead atoms. The first-order valence-corrected chi connectivity index (χ1v) is 11.0. The average Bonchev–Trinajstić information content (AvgIpc) is 3.36. The van der Waals surface area contributed by atoms with E-state index in [0.717, 1.165) is 73.2 Å². The van der Waals surface area contributed by atoms with Gasteiger partial charge in [-0.3, -0.25) is 10.00 Å². The Morgan fingerprint density at radius 2 is 2.06 bits per heavy atom. The normalized spacial score (nSPS) is 15.3. The van der Waals surface area contributed by atoms with Gasteiger partial charge in [0, 0.05) is 42.9 Å². The standard InChI is InChI=1S/C24H27FN4O3/c1-30-21-15-19-16(13-22(21)32-9-3-6-29-7-10-31-11-8-29)12-20-23(19)27-28-24(20)26-18-5-2-4-17(25)14-18/h2,4-5,13-15H,3,6-12H2,1H3,(H2,26,27,28). The zero-order chi connectivity index (χ0) is 21.9. The van der Waals surface area contributed by atoms with E-state index in [1.807, 2.05) is 12.1 Å². The van der Waals surface area contributed by atoms with Gasteiger partial charge in [-0.25, -0.2) is 4.39 Å². The molecule has 2 heterocycles. The summed E-state index contributed by atoms with van der Waals surface area (Å²) in [7, 11) is 1.65. The van der Waals surface area contributed by atoms with Crippen molar-refractivity contribution in [2.24, 2.45) is 0 Å². The van der Waals surface area contributed by atoms with Crippen LogP contribution in [0.5, 0.6) is 11.5 Å². The number of fused-ring (bicyclic) bond motifs is 3. The quantitative estimate of drug-likeness (QED) is 0.406. The second kappa shape index (κ2) is 9.18. The largest absolute Gasteiger partial charge is 0.493 e. The molecule has 32 heavy (non-hydrogen) atoms. The number of nitrogens with one attached hydrogen (secondary N) is 2. The summed E-state index contributed by atoms with van der Waals surface area (Å²) in [6.45, 7) is 5.22. The lowest BCUT2D eigenvalue weighted by Gasteiger charge is -2.26. The summed E-state index contributed by atoms with van der Waals surface area (Å²) in [6, 6.07) is 10.4. The molecule has 2 aromatic carbocycles. The minimum atomic E-state index is -0.283. The molecule has 0 saturated carbocycles. The van der Waals surface area contributed by atoms with Gasteiger partial charge in [-0.05, 0) is 42.3 Å². The molecule has 0 amide bonds. The summed E-state index contributed by atoms with van der Waals surface area (Å²) in [5, 5.41) is 10.8. The number of nitrogens with zero attached hydrogens (tertiary/aromatic N) is 2. The lowest BCUT2D eigenvalue weighted by molar-refractivity contribution is 0.0357. The molecule has 0 atom stereocenters. The van der Waals surface area contributed by atoms with E-state index in [4.69, 9.17) is 14.2 Å². The summed E-state index contributed by atoms with van der Waals surface area (Å²) in [5.74, 6) is 1.94. The number of hydrogen-bond acceptors (Lipinski definition) is 6. The molecular weight excluding hydrogens is 411 g/mol. The maximum absolute atomic E-state index is 13.5. The van der Waals surface area contributed by atoms with Crippen molar-refractivity contribution in [3.05, 3.63) is 53.3 Å². The van der Waals surface area contributed by atoms with Gasteiger partial charge in [0.15, 0.2) is 11.5 Å². The van der Waals surface area contributed by atoms with Gasteiger partial charge in [0.25, 0.3) is 0 Å². The summed E-state index contributed by atoms with van der Waals surface area (Å²) in [4.78, 5) is 2.40. The molecule has 2 aliphatic rings. The summed E-state index contributed by atoms with van der Waals surface area (Å²) < 4.78 is 30.6. The van der Waals surface area contributed by atoms with E-state index in [2.05, 4.69) is 26.5 Å². The van der Waals surface area contributed by atoms with Crippen LogP contribution in [0.3, 0.4) is 0 Å². The van der Waals surface area contributed by atoms with Gasteiger partial charge in [-0.1, -0.05) is 6.07 Å². The van der Waals surface area contributed by atoms with Crippen LogP contribution in [0.15, 0.2) is 36.4 Å². The minimum Gasteiger partial charge on any atom is -0.493 e.